The zero-order valence-electron chi connectivity index (χ0n) is 45.1. The van der Waals surface area contributed by atoms with Gasteiger partial charge in [-0.3, -0.25) is 9.59 Å². The van der Waals surface area contributed by atoms with Crippen molar-refractivity contribution in [3.63, 3.8) is 0 Å². The highest BCUT2D eigenvalue weighted by atomic mass is 16.7. The van der Waals surface area contributed by atoms with E-state index in [2.05, 4.69) is 25.6 Å². The molecule has 9 rings (SSSR count). The van der Waals surface area contributed by atoms with E-state index in [9.17, 15) is 49.2 Å². The molecule has 0 radical (unpaired) electrons. The molecule has 2 saturated heterocycles. The number of carbonyl (C=O) groups is 4. The number of carbonyl (C=O) groups excluding carboxylic acids is 4. The molecule has 25 heteroatoms. The first kappa shape index (κ1) is 56.3. The predicted molar refractivity (Wildman–Crippen MR) is 277 cm³/mol. The Morgan fingerprint density at radius 1 is 0.600 bits per heavy atom. The van der Waals surface area contributed by atoms with Gasteiger partial charge in [0.2, 0.25) is 12.6 Å². The summed E-state index contributed by atoms with van der Waals surface area (Å²) in [4.78, 5) is 88.8. The van der Waals surface area contributed by atoms with Crippen molar-refractivity contribution in [3.8, 4) is 23.0 Å². The summed E-state index contributed by atoms with van der Waals surface area (Å²) in [7, 11) is 2.74. The number of esters is 2. The minimum Gasteiger partial charge on any atom is -0.870 e. The third kappa shape index (κ3) is 10.2. The van der Waals surface area contributed by atoms with Crippen LogP contribution in [0.3, 0.4) is 0 Å². The Morgan fingerprint density at radius 2 is 1.01 bits per heavy atom. The lowest BCUT2D eigenvalue weighted by molar-refractivity contribution is -0.305. The number of rotatable bonds is 14. The number of aryl methyl sites for hydroxylation is 4. The number of methoxy groups -OCH3 is 2. The second-order valence-corrected chi connectivity index (χ2v) is 20.5. The first-order valence-corrected chi connectivity index (χ1v) is 24.9. The number of aliphatic hydroxyl groups excluding tert-OH is 2. The Labute approximate surface area is 454 Å². The largest absolute Gasteiger partial charge is 0.870 e. The van der Waals surface area contributed by atoms with E-state index in [-0.39, 0.29) is 72.8 Å². The quantitative estimate of drug-likeness (QED) is 0.0589. The van der Waals surface area contributed by atoms with Crippen molar-refractivity contribution in [2.75, 3.05) is 24.9 Å². The van der Waals surface area contributed by atoms with E-state index in [0.29, 0.717) is 11.4 Å². The highest BCUT2D eigenvalue weighted by molar-refractivity contribution is 6.11. The molecule has 5 aromatic heterocycles. The molecule has 8 atom stereocenters. The van der Waals surface area contributed by atoms with Crippen LogP contribution in [0.4, 0.5) is 11.4 Å². The third-order valence-electron chi connectivity index (χ3n) is 14.2. The maximum absolute atomic E-state index is 13.8. The first-order chi connectivity index (χ1) is 37.7. The minimum absolute atomic E-state index is 0.0161. The van der Waals surface area contributed by atoms with Gasteiger partial charge in [0.15, 0.2) is 24.4 Å². The third-order valence-corrected chi connectivity index (χ3v) is 14.2. The lowest BCUT2D eigenvalue weighted by Gasteiger charge is -2.47. The van der Waals surface area contributed by atoms with Crippen LogP contribution in [0, 0.1) is 34.6 Å². The van der Waals surface area contributed by atoms with Crippen LogP contribution in [0.5, 0.6) is 23.0 Å². The molecule has 7 N–H and O–H groups in total. The summed E-state index contributed by atoms with van der Waals surface area (Å²) >= 11 is 0. The fourth-order valence-electron chi connectivity index (χ4n) is 9.99. The number of benzene rings is 2. The number of aromatic nitrogens is 3. The van der Waals surface area contributed by atoms with Gasteiger partial charge in [0.05, 0.1) is 16.8 Å². The number of anilines is 2. The maximum Gasteiger partial charge on any atom is 0.359 e. The monoisotopic (exact) mass is 1110 g/mol. The standard InChI is InChI=1S/C55H59N5O20/c1-21-12-16-29(57-21)48(67)77-42-38(63)52(79-54(6,7)44(42)71-10)73-31-18-14-26-36(61)34(50(69)75-40(26)24(31)4)59-46(65)28-20-56-33(23(28)3)47(66)60-35-37(62)27-15-19-32(25(5)41(27)76-51(35)70)74-53-39(64)43(45(72-11)55(8,9)80-53)78-49(68)30-17-13-22(2)58-30/h12-20,38-39,42-45,52-53,56-58,61-64H,1-11H3,(H,59,65)(H,60,66)/p-2/t38-,39-,42+,43+,44-,45-,52-,53-/m1/s1. The molecular weight excluding hydrogens is 1050 g/mol. The van der Waals surface area contributed by atoms with Crippen LogP contribution >= 0.6 is 0 Å². The Hall–Kier alpha value is -8.46. The van der Waals surface area contributed by atoms with E-state index in [1.807, 2.05) is 0 Å². The fraction of sp³-hybridized carbons (Fsp3) is 0.382. The Morgan fingerprint density at radius 3 is 1.40 bits per heavy atom. The summed E-state index contributed by atoms with van der Waals surface area (Å²) in [6.07, 6.45) is -9.49. The van der Waals surface area contributed by atoms with E-state index in [0.717, 1.165) is 6.20 Å². The van der Waals surface area contributed by atoms with Gasteiger partial charge in [0.1, 0.15) is 63.3 Å². The van der Waals surface area contributed by atoms with Gasteiger partial charge < -0.3 is 92.7 Å². The minimum atomic E-state index is -1.60. The summed E-state index contributed by atoms with van der Waals surface area (Å²) in [5.74, 6) is -5.41. The molecular formula is C55H57N5O20-2. The number of ether oxygens (including phenoxy) is 8. The molecule has 2 aliphatic heterocycles. The molecule has 2 aliphatic rings. The fourth-order valence-corrected chi connectivity index (χ4v) is 9.99. The predicted octanol–water partition coefficient (Wildman–Crippen LogP) is 4.31. The molecule has 0 aliphatic carbocycles. The van der Waals surface area contributed by atoms with Crippen LogP contribution in [0.15, 0.2) is 73.2 Å². The zero-order valence-corrected chi connectivity index (χ0v) is 45.1. The van der Waals surface area contributed by atoms with Crippen molar-refractivity contribution < 1.29 is 86.3 Å². The summed E-state index contributed by atoms with van der Waals surface area (Å²) in [6, 6.07) is 11.7. The molecule has 2 fully saturated rings. The maximum atomic E-state index is 13.8. The van der Waals surface area contributed by atoms with Crippen LogP contribution in [0.2, 0.25) is 0 Å². The van der Waals surface area contributed by atoms with Crippen LogP contribution in [-0.4, -0.2) is 124 Å². The number of aliphatic hydroxyl groups is 2. The Bertz CT molecular complexity index is 3480. The average molecular weight is 1110 g/mol. The van der Waals surface area contributed by atoms with Gasteiger partial charge in [-0.25, -0.2) is 19.2 Å². The van der Waals surface area contributed by atoms with Crippen molar-refractivity contribution in [1.82, 2.24) is 15.0 Å². The highest BCUT2D eigenvalue weighted by Gasteiger charge is 2.55. The van der Waals surface area contributed by atoms with Gasteiger partial charge >= 0.3 is 23.2 Å². The Kier molecular flexibility index (Phi) is 15.0. The van der Waals surface area contributed by atoms with Gasteiger partial charge in [-0.2, -0.15) is 0 Å². The SMILES string of the molecule is CO[C@@H]1[C@@H](OC(=O)c2ccc(C)[nH]2)[C@@H](O)[C@H](Oc2ccc3c([O-])c(NC(=O)c4c[nH]c(C(=O)Nc5c([O-])c6ccc(O[C@@H]7OC(C)(C)[C@H](OC)[C@@H](OC(=O)c8ccc(C)[nH]8)[C@H]7O)c(C)c6oc5=O)c4C)c(=O)oc3c2C)OC1(C)C. The Balaban J connectivity index is 0.890. The summed E-state index contributed by atoms with van der Waals surface area (Å²) < 4.78 is 58.1. The molecule has 2 aromatic carbocycles. The average Bonchev–Trinajstić information content (AvgIpc) is 4.22. The van der Waals surface area contributed by atoms with Crippen molar-refractivity contribution in [2.24, 2.45) is 0 Å². The molecule has 80 heavy (non-hydrogen) atoms. The topological polar surface area (TPSA) is 361 Å². The second-order valence-electron chi connectivity index (χ2n) is 20.5. The molecule has 7 aromatic rings. The molecule has 0 bridgehead atoms. The summed E-state index contributed by atoms with van der Waals surface area (Å²) in [5, 5.41) is 54.9. The van der Waals surface area contributed by atoms with Gasteiger partial charge in [-0.15, -0.1) is 0 Å². The molecule has 0 unspecified atom stereocenters. The van der Waals surface area contributed by atoms with Gasteiger partial charge in [-0.1, -0.05) is 11.5 Å². The summed E-state index contributed by atoms with van der Waals surface area (Å²) in [6.45, 7) is 14.4. The zero-order chi connectivity index (χ0) is 58.0. The van der Waals surface area contributed by atoms with E-state index in [4.69, 9.17) is 46.7 Å². The molecule has 25 nitrogen and oxygen atoms in total. The van der Waals surface area contributed by atoms with Crippen molar-refractivity contribution in [1.29, 1.82) is 0 Å². The lowest BCUT2D eigenvalue weighted by Crippen LogP contribution is -2.65. The van der Waals surface area contributed by atoms with E-state index >= 15 is 0 Å². The molecule has 2 amide bonds. The lowest BCUT2D eigenvalue weighted by atomic mass is 9.89. The number of amides is 2. The van der Waals surface area contributed by atoms with Crippen LogP contribution in [0.25, 0.3) is 21.9 Å². The van der Waals surface area contributed by atoms with Crippen LogP contribution < -0.4 is 41.6 Å². The first-order valence-electron chi connectivity index (χ1n) is 24.9. The van der Waals surface area contributed by atoms with Gasteiger partial charge in [0, 0.05) is 53.7 Å². The molecule has 0 saturated carbocycles. The summed E-state index contributed by atoms with van der Waals surface area (Å²) in [5.41, 5.74) is -5.38. The molecule has 424 valence electrons. The van der Waals surface area contributed by atoms with Crippen LogP contribution in [-0.2, 0) is 28.4 Å². The van der Waals surface area contributed by atoms with Crippen molar-refractivity contribution >= 4 is 57.1 Å². The van der Waals surface area contributed by atoms with Crippen molar-refractivity contribution in [2.45, 2.75) is 123 Å². The number of H-pyrrole nitrogens is 3. The van der Waals surface area contributed by atoms with E-state index in [1.165, 1.54) is 71.4 Å². The normalized spacial score (nSPS) is 22.4. The number of fused-ring (bicyclic) bond motifs is 2. The number of hydrogen-bond acceptors (Lipinski definition) is 20. The van der Waals surface area contributed by atoms with Gasteiger partial charge in [0.25, 0.3) is 11.8 Å². The number of hydrogen-bond donors (Lipinski definition) is 7. The molecule has 0 spiro atoms. The second kappa shape index (κ2) is 21.3. The number of aromatic amines is 3. The van der Waals surface area contributed by atoms with Gasteiger partial charge in [-0.05, 0) is 116 Å². The highest BCUT2D eigenvalue weighted by Crippen LogP contribution is 2.41. The number of nitrogens with one attached hydrogen (secondary N) is 5. The van der Waals surface area contributed by atoms with E-state index < -0.39 is 118 Å². The van der Waals surface area contributed by atoms with Crippen molar-refractivity contribution in [3.05, 3.63) is 126 Å². The molecule has 7 heterocycles. The van der Waals surface area contributed by atoms with E-state index in [1.54, 1.807) is 53.7 Å². The van der Waals surface area contributed by atoms with Crippen LogP contribution in [0.1, 0.15) is 97.6 Å². The smallest absolute Gasteiger partial charge is 0.359 e.